The van der Waals surface area contributed by atoms with Crippen LogP contribution in [0, 0.1) is 0 Å². The number of aromatic hydroxyl groups is 1. The number of likely N-dealkylation sites (tertiary alicyclic amines) is 1. The highest BCUT2D eigenvalue weighted by molar-refractivity contribution is 7.99. The Hall–Kier alpha value is -1.99. The fraction of sp³-hybridized carbons (Fsp3) is 0.500. The van der Waals surface area contributed by atoms with E-state index in [1.54, 1.807) is 17.8 Å². The van der Waals surface area contributed by atoms with E-state index in [4.69, 9.17) is 4.74 Å². The molecule has 1 atom stereocenters. The van der Waals surface area contributed by atoms with Crippen LogP contribution in [0.4, 0.5) is 0 Å². The van der Waals surface area contributed by atoms with E-state index in [0.717, 1.165) is 54.8 Å². The monoisotopic (exact) mass is 388 g/mol. The van der Waals surface area contributed by atoms with Crippen LogP contribution >= 0.6 is 11.8 Å². The molecule has 27 heavy (non-hydrogen) atoms. The molecule has 1 unspecified atom stereocenters. The molecule has 1 aliphatic heterocycles. The number of phenolic OH excluding ortho intramolecular Hbond substituents is 1. The molecule has 0 spiro atoms. The number of aromatic nitrogens is 3. The van der Waals surface area contributed by atoms with Crippen LogP contribution < -0.4 is 4.74 Å². The number of hydrogen-bond acceptors (Lipinski definition) is 6. The summed E-state index contributed by atoms with van der Waals surface area (Å²) >= 11 is 1.66. The van der Waals surface area contributed by atoms with Crippen LogP contribution in [-0.4, -0.2) is 50.2 Å². The molecule has 2 heterocycles. The highest BCUT2D eigenvalue weighted by Crippen LogP contribution is 2.31. The van der Waals surface area contributed by atoms with E-state index >= 15 is 0 Å². The van der Waals surface area contributed by atoms with Crippen LogP contribution in [0.3, 0.4) is 0 Å². The van der Waals surface area contributed by atoms with Crippen LogP contribution in [0.25, 0.3) is 0 Å². The zero-order valence-corrected chi connectivity index (χ0v) is 16.9. The van der Waals surface area contributed by atoms with Crippen molar-refractivity contribution in [2.75, 3.05) is 25.4 Å². The van der Waals surface area contributed by atoms with Crippen molar-refractivity contribution in [1.82, 2.24) is 19.7 Å². The molecule has 0 amide bonds. The van der Waals surface area contributed by atoms with Crippen molar-refractivity contribution in [1.29, 1.82) is 0 Å². The average Bonchev–Trinajstić information content (AvgIpc) is 3.04. The zero-order chi connectivity index (χ0) is 19.2. The SMILES string of the molecule is C=CCSc1nnc(C2CCCN(Cc3ccc(O)c(OCC)c3)C2)n1C. The van der Waals surface area contributed by atoms with Crippen molar-refractivity contribution < 1.29 is 9.84 Å². The average molecular weight is 389 g/mol. The lowest BCUT2D eigenvalue weighted by molar-refractivity contribution is 0.194. The van der Waals surface area contributed by atoms with E-state index in [1.807, 2.05) is 32.2 Å². The van der Waals surface area contributed by atoms with Gasteiger partial charge in [-0.25, -0.2) is 0 Å². The highest BCUT2D eigenvalue weighted by Gasteiger charge is 2.26. The maximum atomic E-state index is 9.89. The van der Waals surface area contributed by atoms with Gasteiger partial charge in [-0.15, -0.1) is 16.8 Å². The van der Waals surface area contributed by atoms with Crippen molar-refractivity contribution in [2.45, 2.75) is 37.4 Å². The lowest BCUT2D eigenvalue weighted by atomic mass is 9.96. The fourth-order valence-corrected chi connectivity index (χ4v) is 4.19. The molecule has 2 aromatic rings. The summed E-state index contributed by atoms with van der Waals surface area (Å²) in [5.41, 5.74) is 1.15. The van der Waals surface area contributed by atoms with Gasteiger partial charge in [0.05, 0.1) is 6.61 Å². The first-order valence-electron chi connectivity index (χ1n) is 9.42. The molecule has 3 rings (SSSR count). The zero-order valence-electron chi connectivity index (χ0n) is 16.1. The number of phenols is 1. The van der Waals surface area contributed by atoms with Crippen LogP contribution in [0.15, 0.2) is 36.0 Å². The third-order valence-corrected chi connectivity index (χ3v) is 5.82. The van der Waals surface area contributed by atoms with Crippen molar-refractivity contribution in [3.63, 3.8) is 0 Å². The van der Waals surface area contributed by atoms with E-state index < -0.39 is 0 Å². The Morgan fingerprint density at radius 2 is 2.26 bits per heavy atom. The van der Waals surface area contributed by atoms with Gasteiger partial charge < -0.3 is 14.4 Å². The molecule has 146 valence electrons. The molecule has 1 fully saturated rings. The minimum atomic E-state index is 0.195. The Morgan fingerprint density at radius 1 is 1.41 bits per heavy atom. The van der Waals surface area contributed by atoms with Crippen molar-refractivity contribution in [3.8, 4) is 11.5 Å². The van der Waals surface area contributed by atoms with Gasteiger partial charge >= 0.3 is 0 Å². The molecule has 1 saturated heterocycles. The van der Waals surface area contributed by atoms with Gasteiger partial charge in [-0.1, -0.05) is 23.9 Å². The van der Waals surface area contributed by atoms with Gasteiger partial charge in [0.1, 0.15) is 5.82 Å². The molecule has 7 heteroatoms. The van der Waals surface area contributed by atoms with Gasteiger partial charge in [0.15, 0.2) is 16.7 Å². The Balaban J connectivity index is 1.67. The maximum absolute atomic E-state index is 9.89. The lowest BCUT2D eigenvalue weighted by Gasteiger charge is -2.32. The molecule has 1 N–H and O–H groups in total. The van der Waals surface area contributed by atoms with Crippen LogP contribution in [0.2, 0.25) is 0 Å². The first-order chi connectivity index (χ1) is 13.1. The van der Waals surface area contributed by atoms with Gasteiger partial charge in [-0.3, -0.25) is 4.90 Å². The van der Waals surface area contributed by atoms with Gasteiger partial charge in [0, 0.05) is 31.8 Å². The molecular formula is C20H28N4O2S. The first-order valence-corrected chi connectivity index (χ1v) is 10.4. The molecular weight excluding hydrogens is 360 g/mol. The molecule has 1 aromatic carbocycles. The summed E-state index contributed by atoms with van der Waals surface area (Å²) < 4.78 is 7.63. The van der Waals surface area contributed by atoms with Gasteiger partial charge in [0.25, 0.3) is 0 Å². The smallest absolute Gasteiger partial charge is 0.191 e. The van der Waals surface area contributed by atoms with Gasteiger partial charge in [-0.05, 0) is 44.0 Å². The van der Waals surface area contributed by atoms with Gasteiger partial charge in [-0.2, -0.15) is 0 Å². The van der Waals surface area contributed by atoms with E-state index in [1.165, 1.54) is 0 Å². The lowest BCUT2D eigenvalue weighted by Crippen LogP contribution is -2.34. The summed E-state index contributed by atoms with van der Waals surface area (Å²) in [6.07, 6.45) is 4.16. The molecule has 0 saturated carbocycles. The number of rotatable bonds is 8. The van der Waals surface area contributed by atoms with Crippen LogP contribution in [0.1, 0.15) is 37.1 Å². The summed E-state index contributed by atoms with van der Waals surface area (Å²) in [7, 11) is 2.05. The topological polar surface area (TPSA) is 63.4 Å². The first kappa shape index (κ1) is 19.8. The summed E-state index contributed by atoms with van der Waals surface area (Å²) in [5, 5.41) is 19.6. The van der Waals surface area contributed by atoms with E-state index in [-0.39, 0.29) is 5.75 Å². The van der Waals surface area contributed by atoms with E-state index in [0.29, 0.717) is 18.3 Å². The molecule has 0 bridgehead atoms. The molecule has 6 nitrogen and oxygen atoms in total. The largest absolute Gasteiger partial charge is 0.504 e. The quantitative estimate of drug-likeness (QED) is 0.551. The summed E-state index contributed by atoms with van der Waals surface area (Å²) in [6, 6.07) is 5.62. The maximum Gasteiger partial charge on any atom is 0.191 e. The molecule has 0 aliphatic carbocycles. The number of nitrogens with zero attached hydrogens (tertiary/aromatic N) is 4. The Kier molecular flexibility index (Phi) is 6.79. The van der Waals surface area contributed by atoms with Crippen molar-refractivity contribution in [3.05, 3.63) is 42.2 Å². The molecule has 1 aliphatic rings. The van der Waals surface area contributed by atoms with Crippen LogP contribution in [0.5, 0.6) is 11.5 Å². The van der Waals surface area contributed by atoms with E-state index in [9.17, 15) is 5.11 Å². The number of thioether (sulfide) groups is 1. The Bertz CT molecular complexity index is 777. The molecule has 1 aromatic heterocycles. The fourth-order valence-electron chi connectivity index (χ4n) is 3.54. The standard InChI is InChI=1S/C20H28N4O2S/c1-4-11-27-20-22-21-19(23(20)3)16-7-6-10-24(14-16)13-15-8-9-17(25)18(12-15)26-5-2/h4,8-9,12,16,25H,1,5-7,10-11,13-14H2,2-3H3. The minimum Gasteiger partial charge on any atom is -0.504 e. The highest BCUT2D eigenvalue weighted by atomic mass is 32.2. The van der Waals surface area contributed by atoms with Crippen molar-refractivity contribution >= 4 is 11.8 Å². The van der Waals surface area contributed by atoms with Gasteiger partial charge in [0.2, 0.25) is 0 Å². The van der Waals surface area contributed by atoms with Crippen molar-refractivity contribution in [2.24, 2.45) is 7.05 Å². The summed E-state index contributed by atoms with van der Waals surface area (Å²) in [4.78, 5) is 2.45. The third-order valence-electron chi connectivity index (χ3n) is 4.80. The summed E-state index contributed by atoms with van der Waals surface area (Å²) in [6.45, 7) is 9.10. The van der Waals surface area contributed by atoms with Crippen LogP contribution in [-0.2, 0) is 13.6 Å². The second-order valence-electron chi connectivity index (χ2n) is 6.81. The second-order valence-corrected chi connectivity index (χ2v) is 7.80. The predicted molar refractivity (Wildman–Crippen MR) is 108 cm³/mol. The third kappa shape index (κ3) is 4.84. The number of piperidine rings is 1. The number of benzene rings is 1. The minimum absolute atomic E-state index is 0.195. The number of ether oxygens (including phenoxy) is 1. The number of hydrogen-bond donors (Lipinski definition) is 1. The predicted octanol–water partition coefficient (Wildman–Crippen LogP) is 3.58. The summed E-state index contributed by atoms with van der Waals surface area (Å²) in [5.74, 6) is 3.04. The van der Waals surface area contributed by atoms with E-state index in [2.05, 4.69) is 26.2 Å². The Morgan fingerprint density at radius 3 is 3.04 bits per heavy atom. The second kappa shape index (κ2) is 9.28. The normalized spacial score (nSPS) is 17.8. The molecule has 0 radical (unpaired) electrons. The Labute approximate surface area is 165 Å².